The molecule has 0 aliphatic carbocycles. The molecular formula is C20H29ClN2O6S2. The zero-order valence-electron chi connectivity index (χ0n) is 18.4. The van der Waals surface area contributed by atoms with Crippen LogP contribution in [0.4, 0.5) is 0 Å². The van der Waals surface area contributed by atoms with E-state index >= 15 is 0 Å². The number of benzene rings is 2. The molecule has 0 bridgehead atoms. The van der Waals surface area contributed by atoms with Gasteiger partial charge in [0.05, 0.1) is 24.0 Å². The Morgan fingerprint density at radius 3 is 1.13 bits per heavy atom. The molecular weight excluding hydrogens is 464 g/mol. The van der Waals surface area contributed by atoms with E-state index in [0.717, 1.165) is 0 Å². The van der Waals surface area contributed by atoms with Crippen molar-refractivity contribution >= 4 is 32.5 Å². The maximum atomic E-state index is 12.5. The molecule has 8 nitrogen and oxygen atoms in total. The fourth-order valence-corrected chi connectivity index (χ4v) is 5.72. The maximum absolute atomic E-state index is 12.5. The monoisotopic (exact) mass is 492 g/mol. The lowest BCUT2D eigenvalue weighted by Gasteiger charge is -2.14. The van der Waals surface area contributed by atoms with Gasteiger partial charge in [-0.15, -0.1) is 12.4 Å². The number of nitrogens with one attached hydrogen (secondary N) is 2. The van der Waals surface area contributed by atoms with Crippen LogP contribution in [0.1, 0.15) is 22.3 Å². The first-order chi connectivity index (χ1) is 13.9. The maximum Gasteiger partial charge on any atom is 0.240 e. The van der Waals surface area contributed by atoms with E-state index in [1.54, 1.807) is 27.7 Å². The summed E-state index contributed by atoms with van der Waals surface area (Å²) in [6.07, 6.45) is 0. The highest BCUT2D eigenvalue weighted by molar-refractivity contribution is 7.90. The third-order valence-corrected chi connectivity index (χ3v) is 7.49. The van der Waals surface area contributed by atoms with Gasteiger partial charge in [0.25, 0.3) is 0 Å². The zero-order valence-corrected chi connectivity index (χ0v) is 20.8. The smallest absolute Gasteiger partial charge is 0.240 e. The average molecular weight is 493 g/mol. The summed E-state index contributed by atoms with van der Waals surface area (Å²) in [5, 5.41) is 0. The summed E-state index contributed by atoms with van der Waals surface area (Å²) in [6, 6.07) is 6.06. The Kier molecular flexibility index (Phi) is 9.33. The molecule has 0 atom stereocenters. The molecule has 31 heavy (non-hydrogen) atoms. The van der Waals surface area contributed by atoms with Gasteiger partial charge in [0.15, 0.2) is 0 Å². The van der Waals surface area contributed by atoms with Crippen molar-refractivity contribution in [3.8, 4) is 11.5 Å². The second-order valence-electron chi connectivity index (χ2n) is 6.98. The third-order valence-electron chi connectivity index (χ3n) is 4.61. The summed E-state index contributed by atoms with van der Waals surface area (Å²) in [4.78, 5) is 0.199. The van der Waals surface area contributed by atoms with Crippen LogP contribution in [0.3, 0.4) is 0 Å². The Bertz CT molecular complexity index is 1010. The Hall–Kier alpha value is -1.85. The molecule has 2 aromatic rings. The molecule has 11 heteroatoms. The van der Waals surface area contributed by atoms with Gasteiger partial charge in [0.1, 0.15) is 11.5 Å². The van der Waals surface area contributed by atoms with Gasteiger partial charge >= 0.3 is 0 Å². The summed E-state index contributed by atoms with van der Waals surface area (Å²) in [5.74, 6) is 1.26. The van der Waals surface area contributed by atoms with Crippen molar-refractivity contribution in [2.24, 2.45) is 0 Å². The van der Waals surface area contributed by atoms with Gasteiger partial charge in [-0.3, -0.25) is 0 Å². The number of hydrogen-bond acceptors (Lipinski definition) is 6. The number of methoxy groups -OCH3 is 2. The van der Waals surface area contributed by atoms with Crippen LogP contribution in [0.2, 0.25) is 0 Å². The summed E-state index contributed by atoms with van der Waals surface area (Å²) >= 11 is 0. The molecule has 0 saturated carbocycles. The molecule has 0 radical (unpaired) electrons. The van der Waals surface area contributed by atoms with E-state index in [4.69, 9.17) is 9.47 Å². The summed E-state index contributed by atoms with van der Waals surface area (Å²) in [6.45, 7) is 6.85. The molecule has 0 saturated heterocycles. The molecule has 0 aromatic heterocycles. The first-order valence-electron chi connectivity index (χ1n) is 9.22. The van der Waals surface area contributed by atoms with Gasteiger partial charge in [-0.2, -0.15) is 0 Å². The van der Waals surface area contributed by atoms with Crippen LogP contribution in [0.5, 0.6) is 11.5 Å². The van der Waals surface area contributed by atoms with Crippen molar-refractivity contribution in [3.05, 3.63) is 46.5 Å². The predicted octanol–water partition coefficient (Wildman–Crippen LogP) is 2.62. The zero-order chi connectivity index (χ0) is 22.7. The van der Waals surface area contributed by atoms with E-state index < -0.39 is 20.0 Å². The molecule has 0 aliphatic heterocycles. The minimum Gasteiger partial charge on any atom is -0.496 e. The van der Waals surface area contributed by atoms with Gasteiger partial charge in [0, 0.05) is 13.1 Å². The van der Waals surface area contributed by atoms with Crippen LogP contribution in [0.15, 0.2) is 34.1 Å². The van der Waals surface area contributed by atoms with Crippen LogP contribution in [-0.2, 0) is 20.0 Å². The molecule has 174 valence electrons. The number of halogens is 1. The fourth-order valence-electron chi connectivity index (χ4n) is 3.31. The highest BCUT2D eigenvalue weighted by Crippen LogP contribution is 2.27. The fraction of sp³-hybridized carbons (Fsp3) is 0.400. The number of rotatable bonds is 9. The summed E-state index contributed by atoms with van der Waals surface area (Å²) in [5.41, 5.74) is 2.79. The standard InChI is InChI=1S/C20H28N2O6S2.ClH/c1-13-9-17(10-14(2)19(13)27-5)29(23,24)21-7-8-22-30(25,26)18-11-15(3)20(28-6)16(4)12-18;/h9-12,21-22H,7-8H2,1-6H3;1H. The van der Waals surface area contributed by atoms with Gasteiger partial charge < -0.3 is 9.47 Å². The molecule has 2 aromatic carbocycles. The SMILES string of the molecule is COc1c(C)cc(S(=O)(=O)NCCNS(=O)(=O)c2cc(C)c(OC)c(C)c2)cc1C.Cl. The van der Waals surface area contributed by atoms with E-state index in [2.05, 4.69) is 9.44 Å². The minimum atomic E-state index is -3.79. The van der Waals surface area contributed by atoms with Crippen LogP contribution >= 0.6 is 12.4 Å². The Labute approximate surface area is 190 Å². The van der Waals surface area contributed by atoms with Crippen LogP contribution in [0, 0.1) is 27.7 Å². The quantitative estimate of drug-likeness (QED) is 0.520. The van der Waals surface area contributed by atoms with Crippen LogP contribution in [0.25, 0.3) is 0 Å². The van der Waals surface area contributed by atoms with E-state index in [9.17, 15) is 16.8 Å². The Morgan fingerprint density at radius 1 is 0.645 bits per heavy atom. The molecule has 2 N–H and O–H groups in total. The van der Waals surface area contributed by atoms with Gasteiger partial charge in [-0.05, 0) is 74.2 Å². The molecule has 0 unspecified atom stereocenters. The summed E-state index contributed by atoms with van der Waals surface area (Å²) in [7, 11) is -4.53. The van der Waals surface area contributed by atoms with Gasteiger partial charge in [-0.1, -0.05) is 0 Å². The van der Waals surface area contributed by atoms with Crippen molar-refractivity contribution in [3.63, 3.8) is 0 Å². The normalized spacial score (nSPS) is 11.7. The van der Waals surface area contributed by atoms with Crippen molar-refractivity contribution < 1.29 is 26.3 Å². The number of hydrogen-bond donors (Lipinski definition) is 2. The Balaban J connectivity index is 0.00000480. The highest BCUT2D eigenvalue weighted by atomic mass is 35.5. The second-order valence-corrected chi connectivity index (χ2v) is 10.5. The first-order valence-corrected chi connectivity index (χ1v) is 12.2. The minimum absolute atomic E-state index is 0. The molecule has 0 aliphatic rings. The van der Waals surface area contributed by atoms with Crippen molar-refractivity contribution in [1.82, 2.24) is 9.44 Å². The van der Waals surface area contributed by atoms with Crippen molar-refractivity contribution in [1.29, 1.82) is 0 Å². The predicted molar refractivity (Wildman–Crippen MR) is 123 cm³/mol. The number of ether oxygens (including phenoxy) is 2. The largest absolute Gasteiger partial charge is 0.496 e. The lowest BCUT2D eigenvalue weighted by Crippen LogP contribution is -2.34. The second kappa shape index (κ2) is 10.6. The number of aryl methyl sites for hydroxylation is 4. The Morgan fingerprint density at radius 2 is 0.903 bits per heavy atom. The summed E-state index contributed by atoms with van der Waals surface area (Å²) < 4.78 is 65.5. The topological polar surface area (TPSA) is 111 Å². The molecule has 0 heterocycles. The van der Waals surface area contributed by atoms with Crippen LogP contribution < -0.4 is 18.9 Å². The van der Waals surface area contributed by atoms with Crippen molar-refractivity contribution in [2.45, 2.75) is 37.5 Å². The van der Waals surface area contributed by atoms with Crippen molar-refractivity contribution in [2.75, 3.05) is 27.3 Å². The van der Waals surface area contributed by atoms with E-state index in [0.29, 0.717) is 33.8 Å². The molecule has 0 spiro atoms. The highest BCUT2D eigenvalue weighted by Gasteiger charge is 2.19. The lowest BCUT2D eigenvalue weighted by molar-refractivity contribution is 0.408. The lowest BCUT2D eigenvalue weighted by atomic mass is 10.1. The van der Waals surface area contributed by atoms with Gasteiger partial charge in [-0.25, -0.2) is 26.3 Å². The molecule has 0 fully saturated rings. The average Bonchev–Trinajstić information content (AvgIpc) is 2.64. The molecule has 0 amide bonds. The third kappa shape index (κ3) is 6.33. The van der Waals surface area contributed by atoms with E-state index in [1.807, 2.05) is 0 Å². The van der Waals surface area contributed by atoms with Gasteiger partial charge in [0.2, 0.25) is 20.0 Å². The number of sulfonamides is 2. The van der Waals surface area contributed by atoms with Crippen LogP contribution in [-0.4, -0.2) is 44.1 Å². The van der Waals surface area contributed by atoms with E-state index in [1.165, 1.54) is 38.5 Å². The first kappa shape index (κ1) is 27.2. The molecule has 2 rings (SSSR count). The van der Waals surface area contributed by atoms with E-state index in [-0.39, 0.29) is 35.3 Å².